The Bertz CT molecular complexity index is 732. The number of piperidine rings is 1. The Hall–Kier alpha value is -1.95. The number of amides is 1. The number of likely N-dealkylation sites (tertiary alicyclic amines) is 1. The van der Waals surface area contributed by atoms with E-state index in [0.29, 0.717) is 48.0 Å². The third-order valence-electron chi connectivity index (χ3n) is 4.69. The molecule has 1 aromatic rings. The van der Waals surface area contributed by atoms with Gasteiger partial charge in [0.25, 0.3) is 0 Å². The Kier molecular flexibility index (Phi) is 4.82. The number of halogens is 1. The number of hydrogen-bond donors (Lipinski definition) is 0. The second-order valence-electron chi connectivity index (χ2n) is 7.81. The van der Waals surface area contributed by atoms with Crippen molar-refractivity contribution in [3.8, 4) is 11.5 Å². The van der Waals surface area contributed by atoms with Gasteiger partial charge >= 0.3 is 6.09 Å². The van der Waals surface area contributed by atoms with E-state index in [4.69, 9.17) is 25.8 Å². The average molecular weight is 382 g/mol. The number of carbonyl (C=O) groups excluding carboxylic acids is 2. The molecule has 1 aromatic carbocycles. The first kappa shape index (κ1) is 18.8. The maximum Gasteiger partial charge on any atom is 0.410 e. The van der Waals surface area contributed by atoms with Gasteiger partial charge in [0, 0.05) is 25.9 Å². The topological polar surface area (TPSA) is 65.1 Å². The summed E-state index contributed by atoms with van der Waals surface area (Å²) < 4.78 is 16.9. The van der Waals surface area contributed by atoms with Crippen LogP contribution in [0.2, 0.25) is 5.02 Å². The SMILES string of the molecule is COc1c(Cl)ccc2c1C(=O)CC1(CCN(C(=O)OC(C)(C)C)CC1)O2. The highest BCUT2D eigenvalue weighted by Crippen LogP contribution is 2.45. The predicted octanol–water partition coefficient (Wildman–Crippen LogP) is 4.08. The van der Waals surface area contributed by atoms with Gasteiger partial charge in [-0.1, -0.05) is 11.6 Å². The Labute approximate surface area is 158 Å². The Balaban J connectivity index is 1.75. The summed E-state index contributed by atoms with van der Waals surface area (Å²) in [6.07, 6.45) is 1.06. The van der Waals surface area contributed by atoms with Crippen molar-refractivity contribution in [3.63, 3.8) is 0 Å². The summed E-state index contributed by atoms with van der Waals surface area (Å²) in [4.78, 5) is 26.7. The highest BCUT2D eigenvalue weighted by Gasteiger charge is 2.45. The number of hydrogen-bond acceptors (Lipinski definition) is 5. The Morgan fingerprint density at radius 1 is 1.27 bits per heavy atom. The normalized spacial score (nSPS) is 19.0. The molecule has 1 amide bonds. The molecular formula is C19H24ClNO5. The minimum atomic E-state index is -0.596. The number of nitrogens with zero attached hydrogens (tertiary/aromatic N) is 1. The van der Waals surface area contributed by atoms with Crippen LogP contribution in [0.5, 0.6) is 11.5 Å². The lowest BCUT2D eigenvalue weighted by molar-refractivity contribution is -0.0227. The number of ether oxygens (including phenoxy) is 3. The summed E-state index contributed by atoms with van der Waals surface area (Å²) in [6.45, 7) is 6.50. The van der Waals surface area contributed by atoms with Gasteiger partial charge in [-0.15, -0.1) is 0 Å². The van der Waals surface area contributed by atoms with Crippen molar-refractivity contribution < 1.29 is 23.8 Å². The molecular weight excluding hydrogens is 358 g/mol. The van der Waals surface area contributed by atoms with Crippen LogP contribution < -0.4 is 9.47 Å². The second-order valence-corrected chi connectivity index (χ2v) is 8.21. The molecule has 0 radical (unpaired) electrons. The first-order valence-corrected chi connectivity index (χ1v) is 9.09. The molecule has 0 bridgehead atoms. The standard InChI is InChI=1S/C19H24ClNO5/c1-18(2,3)26-17(23)21-9-7-19(8-10-21)11-13(22)15-14(25-19)6-5-12(20)16(15)24-4/h5-6H,7-11H2,1-4H3. The molecule has 0 N–H and O–H groups in total. The molecule has 26 heavy (non-hydrogen) atoms. The van der Waals surface area contributed by atoms with Gasteiger partial charge in [-0.05, 0) is 32.9 Å². The highest BCUT2D eigenvalue weighted by atomic mass is 35.5. The van der Waals surface area contributed by atoms with E-state index in [1.807, 2.05) is 20.8 Å². The van der Waals surface area contributed by atoms with E-state index < -0.39 is 11.2 Å². The molecule has 1 spiro atoms. The molecule has 2 aliphatic rings. The van der Waals surface area contributed by atoms with Crippen LogP contribution in [0.1, 0.15) is 50.4 Å². The average Bonchev–Trinajstić information content (AvgIpc) is 2.54. The molecule has 0 aromatic heterocycles. The smallest absolute Gasteiger partial charge is 0.410 e. The summed E-state index contributed by atoms with van der Waals surface area (Å²) >= 11 is 6.12. The molecule has 2 aliphatic heterocycles. The van der Waals surface area contributed by atoms with E-state index in [1.54, 1.807) is 17.0 Å². The van der Waals surface area contributed by atoms with Crippen LogP contribution in [-0.2, 0) is 4.74 Å². The lowest BCUT2D eigenvalue weighted by atomic mass is 9.82. The fourth-order valence-corrected chi connectivity index (χ4v) is 3.67. The molecule has 1 saturated heterocycles. The van der Waals surface area contributed by atoms with Gasteiger partial charge in [-0.25, -0.2) is 4.79 Å². The Morgan fingerprint density at radius 3 is 2.50 bits per heavy atom. The zero-order valence-corrected chi connectivity index (χ0v) is 16.3. The van der Waals surface area contributed by atoms with Gasteiger partial charge < -0.3 is 19.1 Å². The minimum Gasteiger partial charge on any atom is -0.494 e. The number of Topliss-reactive ketones (excluding diaryl/α,β-unsaturated/α-hetero) is 1. The van der Waals surface area contributed by atoms with Gasteiger partial charge in [0.05, 0.1) is 18.6 Å². The number of benzene rings is 1. The molecule has 3 rings (SSSR count). The summed E-state index contributed by atoms with van der Waals surface area (Å²) in [5.74, 6) is 0.805. The number of methoxy groups -OCH3 is 1. The van der Waals surface area contributed by atoms with Crippen molar-refractivity contribution in [2.75, 3.05) is 20.2 Å². The van der Waals surface area contributed by atoms with E-state index in [-0.39, 0.29) is 18.3 Å². The molecule has 0 atom stereocenters. The number of ketones is 1. The van der Waals surface area contributed by atoms with Crippen molar-refractivity contribution >= 4 is 23.5 Å². The second kappa shape index (κ2) is 6.65. The quantitative estimate of drug-likeness (QED) is 0.733. The third kappa shape index (κ3) is 3.61. The van der Waals surface area contributed by atoms with Gasteiger partial charge in [0.15, 0.2) is 11.5 Å². The molecule has 2 heterocycles. The zero-order chi connectivity index (χ0) is 19.1. The monoisotopic (exact) mass is 381 g/mol. The fraction of sp³-hybridized carbons (Fsp3) is 0.579. The van der Waals surface area contributed by atoms with Crippen LogP contribution in [0.15, 0.2) is 12.1 Å². The van der Waals surface area contributed by atoms with Crippen LogP contribution in [0, 0.1) is 0 Å². The highest BCUT2D eigenvalue weighted by molar-refractivity contribution is 6.33. The van der Waals surface area contributed by atoms with Crippen LogP contribution in [0.4, 0.5) is 4.79 Å². The van der Waals surface area contributed by atoms with Crippen LogP contribution in [0.3, 0.4) is 0 Å². The van der Waals surface area contributed by atoms with Gasteiger partial charge in [0.2, 0.25) is 0 Å². The fourth-order valence-electron chi connectivity index (χ4n) is 3.44. The van der Waals surface area contributed by atoms with Crippen LogP contribution in [0.25, 0.3) is 0 Å². The first-order chi connectivity index (χ1) is 12.1. The van der Waals surface area contributed by atoms with Crippen molar-refractivity contribution in [2.24, 2.45) is 0 Å². The molecule has 1 fully saturated rings. The molecule has 6 nitrogen and oxygen atoms in total. The number of rotatable bonds is 1. The predicted molar refractivity (Wildman–Crippen MR) is 97.4 cm³/mol. The number of fused-ring (bicyclic) bond motifs is 1. The van der Waals surface area contributed by atoms with E-state index in [9.17, 15) is 9.59 Å². The van der Waals surface area contributed by atoms with Gasteiger partial charge in [-0.3, -0.25) is 4.79 Å². The maximum atomic E-state index is 12.8. The molecule has 0 unspecified atom stereocenters. The Morgan fingerprint density at radius 2 is 1.92 bits per heavy atom. The first-order valence-electron chi connectivity index (χ1n) is 8.71. The largest absolute Gasteiger partial charge is 0.494 e. The molecule has 7 heteroatoms. The third-order valence-corrected chi connectivity index (χ3v) is 4.99. The minimum absolute atomic E-state index is 0.0451. The van der Waals surface area contributed by atoms with Crippen molar-refractivity contribution in [3.05, 3.63) is 22.7 Å². The lowest BCUT2D eigenvalue weighted by Crippen LogP contribution is -2.53. The van der Waals surface area contributed by atoms with Crippen molar-refractivity contribution in [2.45, 2.75) is 51.2 Å². The van der Waals surface area contributed by atoms with E-state index >= 15 is 0 Å². The lowest BCUT2D eigenvalue weighted by Gasteiger charge is -2.44. The van der Waals surface area contributed by atoms with Crippen molar-refractivity contribution in [1.29, 1.82) is 0 Å². The molecule has 0 aliphatic carbocycles. The molecule has 142 valence electrons. The van der Waals surface area contributed by atoms with E-state index in [2.05, 4.69) is 0 Å². The summed E-state index contributed by atoms with van der Waals surface area (Å²) in [7, 11) is 1.48. The summed E-state index contributed by atoms with van der Waals surface area (Å²) in [5, 5.41) is 0.388. The van der Waals surface area contributed by atoms with Crippen LogP contribution >= 0.6 is 11.6 Å². The van der Waals surface area contributed by atoms with Crippen molar-refractivity contribution in [1.82, 2.24) is 4.90 Å². The van der Waals surface area contributed by atoms with Gasteiger partial charge in [-0.2, -0.15) is 0 Å². The summed E-state index contributed by atoms with van der Waals surface area (Å²) in [6, 6.07) is 3.38. The summed E-state index contributed by atoms with van der Waals surface area (Å²) in [5.41, 5.74) is -0.722. The van der Waals surface area contributed by atoms with E-state index in [0.717, 1.165) is 0 Å². The molecule has 0 saturated carbocycles. The van der Waals surface area contributed by atoms with E-state index in [1.165, 1.54) is 7.11 Å². The maximum absolute atomic E-state index is 12.8. The van der Waals surface area contributed by atoms with Gasteiger partial charge in [0.1, 0.15) is 22.5 Å². The van der Waals surface area contributed by atoms with Crippen LogP contribution in [-0.4, -0.2) is 48.2 Å². The number of carbonyl (C=O) groups is 2. The zero-order valence-electron chi connectivity index (χ0n) is 15.6.